The summed E-state index contributed by atoms with van der Waals surface area (Å²) in [4.78, 5) is 10.7. The van der Waals surface area contributed by atoms with Gasteiger partial charge in [0.05, 0.1) is 24.0 Å². The van der Waals surface area contributed by atoms with Crippen molar-refractivity contribution in [3.8, 4) is 5.69 Å². The molecule has 0 amide bonds. The fourth-order valence-electron chi connectivity index (χ4n) is 1.59. The molecule has 1 N–H and O–H groups in total. The molecule has 17 heavy (non-hydrogen) atoms. The quantitative estimate of drug-likeness (QED) is 0.940. The summed E-state index contributed by atoms with van der Waals surface area (Å²) < 4.78 is 2.45. The number of carbonyl (C=O) groups is 1. The minimum atomic E-state index is -0.903. The molecule has 0 atom stereocenters. The lowest BCUT2D eigenvalue weighted by molar-refractivity contribution is -0.136. The second kappa shape index (κ2) is 4.67. The summed E-state index contributed by atoms with van der Waals surface area (Å²) >= 11 is 3.40. The molecule has 1 heterocycles. The molecule has 0 saturated heterocycles. The fraction of sp³-hybridized carbons (Fsp3) is 0.182. The van der Waals surface area contributed by atoms with Crippen LogP contribution in [0, 0.1) is 6.92 Å². The van der Waals surface area contributed by atoms with Gasteiger partial charge in [0.1, 0.15) is 0 Å². The van der Waals surface area contributed by atoms with Crippen molar-refractivity contribution in [3.05, 3.63) is 40.1 Å². The molecule has 1 aromatic heterocycles. The molecule has 0 aliphatic carbocycles. The zero-order valence-corrected chi connectivity index (χ0v) is 10.7. The van der Waals surface area contributed by atoms with Crippen LogP contribution < -0.4 is 0 Å². The van der Waals surface area contributed by atoms with E-state index < -0.39 is 5.97 Å². The topological polar surface area (TPSA) is 68.0 Å². The number of aliphatic carboxylic acids is 1. The second-order valence-electron chi connectivity index (χ2n) is 3.69. The molecule has 0 spiro atoms. The SMILES string of the molecule is Cc1cc(Br)cc(-n2nncc2CC(=O)O)c1. The molecule has 1 aromatic carbocycles. The monoisotopic (exact) mass is 295 g/mol. The Morgan fingerprint density at radius 3 is 2.88 bits per heavy atom. The lowest BCUT2D eigenvalue weighted by atomic mass is 10.2. The number of carboxylic acid groups (broad SMARTS) is 1. The van der Waals surface area contributed by atoms with E-state index in [9.17, 15) is 4.79 Å². The normalized spacial score (nSPS) is 10.5. The van der Waals surface area contributed by atoms with Gasteiger partial charge >= 0.3 is 5.97 Å². The Morgan fingerprint density at radius 2 is 2.24 bits per heavy atom. The Bertz CT molecular complexity index is 545. The van der Waals surface area contributed by atoms with E-state index in [4.69, 9.17) is 5.11 Å². The Labute approximate surface area is 106 Å². The van der Waals surface area contributed by atoms with Gasteiger partial charge in [0.2, 0.25) is 0 Å². The summed E-state index contributed by atoms with van der Waals surface area (Å²) in [5, 5.41) is 16.4. The van der Waals surface area contributed by atoms with Gasteiger partial charge in [0.25, 0.3) is 0 Å². The van der Waals surface area contributed by atoms with Gasteiger partial charge in [0.15, 0.2) is 0 Å². The lowest BCUT2D eigenvalue weighted by Crippen LogP contribution is -2.08. The first-order chi connectivity index (χ1) is 8.06. The molecule has 2 rings (SSSR count). The van der Waals surface area contributed by atoms with E-state index >= 15 is 0 Å². The number of carboxylic acids is 1. The number of benzene rings is 1. The van der Waals surface area contributed by atoms with Crippen LogP contribution in [0.25, 0.3) is 5.69 Å². The van der Waals surface area contributed by atoms with Crippen LogP contribution in [0.5, 0.6) is 0 Å². The number of hydrogen-bond donors (Lipinski definition) is 1. The maximum atomic E-state index is 10.7. The van der Waals surface area contributed by atoms with Crippen LogP contribution in [-0.2, 0) is 11.2 Å². The highest BCUT2D eigenvalue weighted by atomic mass is 79.9. The Kier molecular flexibility index (Phi) is 3.23. The smallest absolute Gasteiger partial charge is 0.309 e. The largest absolute Gasteiger partial charge is 0.481 e. The first kappa shape index (κ1) is 11.8. The number of hydrogen-bond acceptors (Lipinski definition) is 3. The van der Waals surface area contributed by atoms with Gasteiger partial charge in [-0.3, -0.25) is 4.79 Å². The number of rotatable bonds is 3. The van der Waals surface area contributed by atoms with E-state index in [1.807, 2.05) is 25.1 Å². The Hall–Kier alpha value is -1.69. The lowest BCUT2D eigenvalue weighted by Gasteiger charge is -2.06. The van der Waals surface area contributed by atoms with Crippen molar-refractivity contribution in [1.82, 2.24) is 15.0 Å². The molecule has 0 aliphatic heterocycles. The molecule has 0 bridgehead atoms. The van der Waals surface area contributed by atoms with E-state index in [1.165, 1.54) is 10.9 Å². The van der Waals surface area contributed by atoms with Crippen molar-refractivity contribution in [2.45, 2.75) is 13.3 Å². The third kappa shape index (κ3) is 2.71. The van der Waals surface area contributed by atoms with Crippen LogP contribution in [0.1, 0.15) is 11.3 Å². The Balaban J connectivity index is 2.45. The molecule has 0 saturated carbocycles. The first-order valence-electron chi connectivity index (χ1n) is 4.95. The predicted molar refractivity (Wildman–Crippen MR) is 65.1 cm³/mol. The van der Waals surface area contributed by atoms with E-state index in [1.54, 1.807) is 0 Å². The van der Waals surface area contributed by atoms with Gasteiger partial charge in [-0.15, -0.1) is 5.10 Å². The molecular weight excluding hydrogens is 286 g/mol. The molecule has 6 heteroatoms. The molecular formula is C11H10BrN3O2. The van der Waals surface area contributed by atoms with Crippen molar-refractivity contribution in [2.24, 2.45) is 0 Å². The van der Waals surface area contributed by atoms with Crippen molar-refractivity contribution in [3.63, 3.8) is 0 Å². The summed E-state index contributed by atoms with van der Waals surface area (Å²) in [5.41, 5.74) is 2.41. The van der Waals surface area contributed by atoms with Crippen LogP contribution in [0.3, 0.4) is 0 Å². The first-order valence-corrected chi connectivity index (χ1v) is 5.74. The average Bonchev–Trinajstić information content (AvgIpc) is 2.63. The Morgan fingerprint density at radius 1 is 1.47 bits per heavy atom. The van der Waals surface area contributed by atoms with Crippen LogP contribution in [0.15, 0.2) is 28.9 Å². The van der Waals surface area contributed by atoms with E-state index in [0.29, 0.717) is 5.69 Å². The zero-order chi connectivity index (χ0) is 12.4. The zero-order valence-electron chi connectivity index (χ0n) is 9.09. The number of aromatic nitrogens is 3. The highest BCUT2D eigenvalue weighted by Crippen LogP contribution is 2.19. The predicted octanol–water partition coefficient (Wildman–Crippen LogP) is 1.97. The van der Waals surface area contributed by atoms with Crippen LogP contribution >= 0.6 is 15.9 Å². The summed E-state index contributed by atoms with van der Waals surface area (Å²) in [6, 6.07) is 5.76. The minimum absolute atomic E-state index is 0.0986. The minimum Gasteiger partial charge on any atom is -0.481 e. The number of aryl methyl sites for hydroxylation is 1. The molecule has 88 valence electrons. The van der Waals surface area contributed by atoms with Gasteiger partial charge in [-0.25, -0.2) is 4.68 Å². The number of nitrogens with zero attached hydrogens (tertiary/aromatic N) is 3. The molecule has 0 unspecified atom stereocenters. The van der Waals surface area contributed by atoms with Crippen LogP contribution in [-0.4, -0.2) is 26.1 Å². The summed E-state index contributed by atoms with van der Waals surface area (Å²) in [6.07, 6.45) is 1.36. The van der Waals surface area contributed by atoms with Gasteiger partial charge in [0, 0.05) is 4.47 Å². The summed E-state index contributed by atoms with van der Waals surface area (Å²) in [7, 11) is 0. The van der Waals surface area contributed by atoms with Gasteiger partial charge in [-0.2, -0.15) is 0 Å². The number of halogens is 1. The third-order valence-corrected chi connectivity index (χ3v) is 2.68. The van der Waals surface area contributed by atoms with Crippen molar-refractivity contribution in [1.29, 1.82) is 0 Å². The molecule has 5 nitrogen and oxygen atoms in total. The fourth-order valence-corrected chi connectivity index (χ4v) is 2.18. The third-order valence-electron chi connectivity index (χ3n) is 2.22. The summed E-state index contributed by atoms with van der Waals surface area (Å²) in [5.74, 6) is -0.903. The molecule has 2 aromatic rings. The highest BCUT2D eigenvalue weighted by molar-refractivity contribution is 9.10. The summed E-state index contributed by atoms with van der Waals surface area (Å²) in [6.45, 7) is 1.96. The van der Waals surface area contributed by atoms with Gasteiger partial charge in [-0.1, -0.05) is 21.1 Å². The standard InChI is InChI=1S/C11H10BrN3O2/c1-7-2-8(12)4-9(3-7)15-10(5-11(16)17)6-13-14-15/h2-4,6H,5H2,1H3,(H,16,17). The maximum absolute atomic E-state index is 10.7. The molecule has 0 radical (unpaired) electrons. The van der Waals surface area contributed by atoms with E-state index in [0.717, 1.165) is 15.7 Å². The maximum Gasteiger partial charge on any atom is 0.309 e. The molecule has 0 aliphatic rings. The van der Waals surface area contributed by atoms with E-state index in [-0.39, 0.29) is 6.42 Å². The van der Waals surface area contributed by atoms with Gasteiger partial charge in [-0.05, 0) is 30.7 Å². The van der Waals surface area contributed by atoms with Crippen molar-refractivity contribution in [2.75, 3.05) is 0 Å². The van der Waals surface area contributed by atoms with Crippen LogP contribution in [0.2, 0.25) is 0 Å². The van der Waals surface area contributed by atoms with Gasteiger partial charge < -0.3 is 5.11 Å². The molecule has 0 fully saturated rings. The average molecular weight is 296 g/mol. The van der Waals surface area contributed by atoms with E-state index in [2.05, 4.69) is 26.2 Å². The van der Waals surface area contributed by atoms with Crippen molar-refractivity contribution < 1.29 is 9.90 Å². The highest BCUT2D eigenvalue weighted by Gasteiger charge is 2.10. The van der Waals surface area contributed by atoms with Crippen LogP contribution in [0.4, 0.5) is 0 Å². The second-order valence-corrected chi connectivity index (χ2v) is 4.61. The van der Waals surface area contributed by atoms with Crippen molar-refractivity contribution >= 4 is 21.9 Å².